The minimum absolute atomic E-state index is 0.0114. The number of anilines is 1. The maximum atomic E-state index is 12.0. The molecule has 0 saturated carbocycles. The first-order chi connectivity index (χ1) is 18.5. The number of amides is 1. The molecule has 0 bridgehead atoms. The van der Waals surface area contributed by atoms with E-state index in [0.29, 0.717) is 0 Å². The van der Waals surface area contributed by atoms with Crippen LogP contribution in [-0.2, 0) is 17.6 Å². The molecule has 0 atom stereocenters. The lowest BCUT2D eigenvalue weighted by Crippen LogP contribution is -2.35. The number of carbonyl (C=O) groups is 1. The molecule has 3 aromatic carbocycles. The van der Waals surface area contributed by atoms with Crippen molar-refractivity contribution < 1.29 is 9.53 Å². The summed E-state index contributed by atoms with van der Waals surface area (Å²) in [6.07, 6.45) is 8.47. The number of hydrogen-bond donors (Lipinski definition) is 1. The van der Waals surface area contributed by atoms with Gasteiger partial charge in [-0.2, -0.15) is 5.10 Å². The summed E-state index contributed by atoms with van der Waals surface area (Å²) in [5.74, 6) is 0.775. The first-order valence-corrected chi connectivity index (χ1v) is 13.0. The number of nitrogens with one attached hydrogen (secondary N) is 1. The normalized spacial score (nSPS) is 15.1. The van der Waals surface area contributed by atoms with Crippen molar-refractivity contribution in [1.82, 2.24) is 10.2 Å². The van der Waals surface area contributed by atoms with E-state index in [-0.39, 0.29) is 18.1 Å². The number of ether oxygens (including phenoxy) is 1. The molecular formula is C32H29N3O3. The fourth-order valence-corrected chi connectivity index (χ4v) is 5.64. The highest BCUT2D eigenvalue weighted by molar-refractivity contribution is 5.97. The number of H-pyrrole nitrogens is 1. The first kappa shape index (κ1) is 23.9. The van der Waals surface area contributed by atoms with Crippen molar-refractivity contribution >= 4 is 23.2 Å². The number of aromatic amines is 1. The molecule has 3 aliphatic rings. The van der Waals surface area contributed by atoms with Crippen LogP contribution >= 0.6 is 0 Å². The van der Waals surface area contributed by atoms with Crippen molar-refractivity contribution in [2.45, 2.75) is 32.6 Å². The molecule has 0 radical (unpaired) electrons. The van der Waals surface area contributed by atoms with Gasteiger partial charge in [0, 0.05) is 13.1 Å². The fourth-order valence-electron chi connectivity index (χ4n) is 5.64. The molecular weight excluding hydrogens is 474 g/mol. The smallest absolute Gasteiger partial charge is 0.264 e. The molecule has 2 heterocycles. The summed E-state index contributed by atoms with van der Waals surface area (Å²) in [5, 5.41) is 11.2. The molecule has 1 N–H and O–H groups in total. The number of fused-ring (bicyclic) bond motifs is 5. The Labute approximate surface area is 220 Å². The zero-order valence-electron chi connectivity index (χ0n) is 21.6. The van der Waals surface area contributed by atoms with Crippen LogP contribution in [0.3, 0.4) is 0 Å². The van der Waals surface area contributed by atoms with E-state index < -0.39 is 0 Å². The molecule has 0 spiro atoms. The van der Waals surface area contributed by atoms with Crippen LogP contribution in [0.2, 0.25) is 0 Å². The van der Waals surface area contributed by atoms with Crippen LogP contribution in [0.25, 0.3) is 11.6 Å². The van der Waals surface area contributed by atoms with Gasteiger partial charge < -0.3 is 9.64 Å². The van der Waals surface area contributed by atoms with E-state index in [9.17, 15) is 9.59 Å². The molecule has 1 aromatic heterocycles. The van der Waals surface area contributed by atoms with E-state index in [1.165, 1.54) is 62.0 Å². The van der Waals surface area contributed by atoms with Gasteiger partial charge in [-0.25, -0.2) is 5.10 Å². The van der Waals surface area contributed by atoms with Gasteiger partial charge in [-0.15, -0.1) is 0 Å². The largest absolute Gasteiger partial charge is 0.482 e. The van der Waals surface area contributed by atoms with E-state index in [4.69, 9.17) is 4.74 Å². The summed E-state index contributed by atoms with van der Waals surface area (Å²) in [6, 6.07) is 21.1. The lowest BCUT2D eigenvalue weighted by molar-refractivity contribution is -0.120. The summed E-state index contributed by atoms with van der Waals surface area (Å²) >= 11 is 0. The zero-order chi connectivity index (χ0) is 26.2. The van der Waals surface area contributed by atoms with Crippen LogP contribution in [0.5, 0.6) is 5.75 Å². The molecule has 2 aliphatic carbocycles. The third kappa shape index (κ3) is 4.32. The lowest BCUT2D eigenvalue weighted by Gasteiger charge is -2.27. The Morgan fingerprint density at radius 1 is 0.947 bits per heavy atom. The zero-order valence-corrected chi connectivity index (χ0v) is 21.6. The van der Waals surface area contributed by atoms with Gasteiger partial charge in [-0.3, -0.25) is 9.59 Å². The molecule has 1 amide bonds. The Morgan fingerprint density at radius 3 is 2.58 bits per heavy atom. The molecule has 6 heteroatoms. The van der Waals surface area contributed by atoms with Gasteiger partial charge in [-0.1, -0.05) is 48.5 Å². The standard InChI is InChI=1S/C27H23NO2.C5H6N2O/c1-28-25-13-11-18(14-26(25)30-16-27(28)29)23-15-24-19-7-3-2-6-17(19)10-12-22(24)20-8-4-5-9-21(20)23;1-4-2-5(8)7-6-3-4/h4-6,8-14H,2-3,7,15-16H2,1H3;2-3H,1H3,(H,7,8). The quantitative estimate of drug-likeness (QED) is 0.433. The monoisotopic (exact) mass is 503 g/mol. The molecule has 6 nitrogen and oxygen atoms in total. The maximum absolute atomic E-state index is 12.0. The number of likely N-dealkylation sites (N-methyl/N-ethyl adjacent to an activating group) is 1. The molecule has 0 unspecified atom stereocenters. The van der Waals surface area contributed by atoms with Crippen molar-refractivity contribution in [3.63, 3.8) is 0 Å². The molecule has 7 rings (SSSR count). The van der Waals surface area contributed by atoms with Crippen molar-refractivity contribution in [1.29, 1.82) is 0 Å². The highest BCUT2D eigenvalue weighted by atomic mass is 16.5. The van der Waals surface area contributed by atoms with Crippen LogP contribution in [0.4, 0.5) is 5.69 Å². The van der Waals surface area contributed by atoms with Gasteiger partial charge in [0.15, 0.2) is 6.61 Å². The highest BCUT2D eigenvalue weighted by Crippen LogP contribution is 2.35. The number of rotatable bonds is 1. The number of nitrogens with zero attached hydrogens (tertiary/aromatic N) is 2. The van der Waals surface area contributed by atoms with Crippen molar-refractivity contribution in [3.8, 4) is 5.75 Å². The van der Waals surface area contributed by atoms with Gasteiger partial charge >= 0.3 is 0 Å². The number of aromatic nitrogens is 2. The van der Waals surface area contributed by atoms with Crippen LogP contribution < -0.4 is 25.6 Å². The molecule has 4 aromatic rings. The van der Waals surface area contributed by atoms with E-state index in [1.54, 1.807) is 11.1 Å². The summed E-state index contributed by atoms with van der Waals surface area (Å²) in [6.45, 7) is 1.92. The second-order valence-corrected chi connectivity index (χ2v) is 10.0. The van der Waals surface area contributed by atoms with Gasteiger partial charge in [0.25, 0.3) is 11.5 Å². The summed E-state index contributed by atoms with van der Waals surface area (Å²) < 4.78 is 5.78. The Bertz CT molecular complexity index is 1860. The van der Waals surface area contributed by atoms with Crippen molar-refractivity contribution in [2.75, 3.05) is 18.6 Å². The number of carbonyl (C=O) groups excluding carboxylic acids is 1. The van der Waals surface area contributed by atoms with Crippen molar-refractivity contribution in [3.05, 3.63) is 120 Å². The second kappa shape index (κ2) is 9.78. The Kier molecular flexibility index (Phi) is 6.16. The number of benzene rings is 3. The molecule has 1 aliphatic heterocycles. The van der Waals surface area contributed by atoms with Crippen LogP contribution in [0.15, 0.2) is 71.7 Å². The Balaban J connectivity index is 0.000000285. The first-order valence-electron chi connectivity index (χ1n) is 13.0. The predicted octanol–water partition coefficient (Wildman–Crippen LogP) is 3.28. The Hall–Kier alpha value is -4.45. The summed E-state index contributed by atoms with van der Waals surface area (Å²) in [7, 11) is 1.81. The lowest BCUT2D eigenvalue weighted by atomic mass is 9.84. The third-order valence-electron chi connectivity index (χ3n) is 7.56. The van der Waals surface area contributed by atoms with E-state index >= 15 is 0 Å². The molecule has 0 saturated heterocycles. The van der Waals surface area contributed by atoms with Crippen LogP contribution in [0, 0.1) is 17.4 Å². The Morgan fingerprint density at radius 2 is 1.79 bits per heavy atom. The second-order valence-electron chi connectivity index (χ2n) is 10.0. The highest BCUT2D eigenvalue weighted by Gasteiger charge is 2.24. The maximum Gasteiger partial charge on any atom is 0.264 e. The number of hydrogen-bond acceptors (Lipinski definition) is 4. The van der Waals surface area contributed by atoms with Gasteiger partial charge in [0.1, 0.15) is 5.75 Å². The van der Waals surface area contributed by atoms with E-state index in [1.807, 2.05) is 20.0 Å². The fraction of sp³-hybridized carbons (Fsp3) is 0.219. The van der Waals surface area contributed by atoms with Gasteiger partial charge in [0.05, 0.1) is 11.9 Å². The van der Waals surface area contributed by atoms with E-state index in [2.05, 4.69) is 64.8 Å². The SMILES string of the molecule is CN1C(=O)COc2cc(C3=c4ccccc4=c4ccc5c(c4C3)CCCC=5)ccc21.Cc1cn[nH]c(=O)c1. The molecule has 190 valence electrons. The van der Waals surface area contributed by atoms with Gasteiger partial charge in [0.2, 0.25) is 0 Å². The van der Waals surface area contributed by atoms with Crippen molar-refractivity contribution in [2.24, 2.45) is 0 Å². The van der Waals surface area contributed by atoms with Crippen LogP contribution in [0.1, 0.15) is 35.1 Å². The summed E-state index contributed by atoms with van der Waals surface area (Å²) in [4.78, 5) is 24.0. The van der Waals surface area contributed by atoms with E-state index in [0.717, 1.165) is 29.8 Å². The topological polar surface area (TPSA) is 75.3 Å². The molecule has 38 heavy (non-hydrogen) atoms. The van der Waals surface area contributed by atoms with Crippen LogP contribution in [-0.4, -0.2) is 29.8 Å². The number of aryl methyl sites for hydroxylation is 1. The third-order valence-corrected chi connectivity index (χ3v) is 7.56. The average molecular weight is 504 g/mol. The van der Waals surface area contributed by atoms with Gasteiger partial charge in [-0.05, 0) is 93.4 Å². The minimum Gasteiger partial charge on any atom is -0.482 e. The minimum atomic E-state index is -0.148. The average Bonchev–Trinajstić information content (AvgIpc) is 2.94. The summed E-state index contributed by atoms with van der Waals surface area (Å²) in [5.41, 5.74) is 7.08. The molecule has 0 fully saturated rings. The predicted molar refractivity (Wildman–Crippen MR) is 148 cm³/mol.